The molecule has 0 saturated heterocycles. The van der Waals surface area contributed by atoms with E-state index in [9.17, 15) is 0 Å². The first-order valence-electron chi connectivity index (χ1n) is 4.30. The van der Waals surface area contributed by atoms with Gasteiger partial charge < -0.3 is 0 Å². The second-order valence-electron chi connectivity index (χ2n) is 2.86. The zero-order valence-electron chi connectivity index (χ0n) is 7.81. The standard InChI is InChI=1S/C12H18/c1-5-7-9-11(3)12(4)10-8-6-2/h5-6H,1-4,7-10H2. The molecule has 0 fully saturated rings. The highest BCUT2D eigenvalue weighted by Crippen LogP contribution is 2.17. The number of hydrogen-bond acceptors (Lipinski definition) is 0. The Balaban J connectivity index is 3.68. The summed E-state index contributed by atoms with van der Waals surface area (Å²) < 4.78 is 0. The molecule has 0 heterocycles. The third-order valence-electron chi connectivity index (χ3n) is 1.80. The second kappa shape index (κ2) is 6.66. The van der Waals surface area contributed by atoms with E-state index >= 15 is 0 Å². The fourth-order valence-electron chi connectivity index (χ4n) is 0.906. The van der Waals surface area contributed by atoms with Crippen molar-refractivity contribution >= 4 is 0 Å². The number of allylic oxidation sites excluding steroid dienone is 4. The molecule has 0 radical (unpaired) electrons. The van der Waals surface area contributed by atoms with Gasteiger partial charge in [-0.3, -0.25) is 0 Å². The Morgan fingerprint density at radius 1 is 0.833 bits per heavy atom. The zero-order chi connectivity index (χ0) is 9.40. The molecule has 0 saturated carbocycles. The van der Waals surface area contributed by atoms with Crippen LogP contribution in [0.1, 0.15) is 25.7 Å². The first-order chi connectivity index (χ1) is 5.72. The molecule has 0 aromatic rings. The molecule has 0 aliphatic rings. The summed E-state index contributed by atoms with van der Waals surface area (Å²) in [5.41, 5.74) is 2.30. The molecular formula is C12H18. The molecule has 0 N–H and O–H groups in total. The van der Waals surface area contributed by atoms with Crippen molar-refractivity contribution in [1.29, 1.82) is 0 Å². The van der Waals surface area contributed by atoms with Gasteiger partial charge in [-0.25, -0.2) is 0 Å². The van der Waals surface area contributed by atoms with Crippen LogP contribution in [-0.2, 0) is 0 Å². The van der Waals surface area contributed by atoms with Crippen molar-refractivity contribution < 1.29 is 0 Å². The van der Waals surface area contributed by atoms with E-state index in [1.54, 1.807) is 0 Å². The van der Waals surface area contributed by atoms with Crippen LogP contribution in [0.2, 0.25) is 0 Å². The Bertz CT molecular complexity index is 162. The highest BCUT2D eigenvalue weighted by molar-refractivity contribution is 5.25. The van der Waals surface area contributed by atoms with Crippen LogP contribution in [-0.4, -0.2) is 0 Å². The van der Waals surface area contributed by atoms with Gasteiger partial charge in [0.1, 0.15) is 0 Å². The minimum absolute atomic E-state index is 0.986. The van der Waals surface area contributed by atoms with E-state index in [-0.39, 0.29) is 0 Å². The lowest BCUT2D eigenvalue weighted by molar-refractivity contribution is 0.926. The van der Waals surface area contributed by atoms with E-state index in [0.717, 1.165) is 36.8 Å². The van der Waals surface area contributed by atoms with Crippen molar-refractivity contribution in [3.8, 4) is 0 Å². The molecule has 0 amide bonds. The largest absolute Gasteiger partial charge is 0.103 e. The van der Waals surface area contributed by atoms with Gasteiger partial charge in [0.15, 0.2) is 0 Å². The fourth-order valence-corrected chi connectivity index (χ4v) is 0.906. The summed E-state index contributed by atoms with van der Waals surface area (Å²) in [6.07, 6.45) is 7.77. The van der Waals surface area contributed by atoms with Crippen LogP contribution in [0, 0.1) is 0 Å². The van der Waals surface area contributed by atoms with E-state index in [1.807, 2.05) is 12.2 Å². The molecule has 0 heteroatoms. The van der Waals surface area contributed by atoms with Gasteiger partial charge in [-0.2, -0.15) is 0 Å². The Hall–Kier alpha value is -1.04. The molecule has 66 valence electrons. The van der Waals surface area contributed by atoms with Crippen molar-refractivity contribution in [2.24, 2.45) is 0 Å². The molecule has 0 unspecified atom stereocenters. The topological polar surface area (TPSA) is 0 Å². The predicted molar refractivity (Wildman–Crippen MR) is 57.1 cm³/mol. The molecule has 0 aliphatic carbocycles. The van der Waals surface area contributed by atoms with E-state index < -0.39 is 0 Å². The Labute approximate surface area is 76.0 Å². The average molecular weight is 162 g/mol. The van der Waals surface area contributed by atoms with Crippen molar-refractivity contribution in [3.05, 3.63) is 49.6 Å². The first-order valence-corrected chi connectivity index (χ1v) is 4.30. The van der Waals surface area contributed by atoms with Crippen LogP contribution >= 0.6 is 0 Å². The molecular weight excluding hydrogens is 144 g/mol. The monoisotopic (exact) mass is 162 g/mol. The molecule has 0 spiro atoms. The summed E-state index contributed by atoms with van der Waals surface area (Å²) in [6, 6.07) is 0. The maximum Gasteiger partial charge on any atom is -0.0248 e. The SMILES string of the molecule is C=CCCC(=C)C(=C)CCC=C. The summed E-state index contributed by atoms with van der Waals surface area (Å²) in [4.78, 5) is 0. The van der Waals surface area contributed by atoms with Gasteiger partial charge in [-0.05, 0) is 25.7 Å². The Morgan fingerprint density at radius 3 is 1.42 bits per heavy atom. The van der Waals surface area contributed by atoms with Crippen molar-refractivity contribution in [2.75, 3.05) is 0 Å². The Morgan fingerprint density at radius 2 is 1.17 bits per heavy atom. The van der Waals surface area contributed by atoms with E-state index in [0.29, 0.717) is 0 Å². The molecule has 0 bridgehead atoms. The van der Waals surface area contributed by atoms with Crippen LogP contribution < -0.4 is 0 Å². The third-order valence-corrected chi connectivity index (χ3v) is 1.80. The van der Waals surface area contributed by atoms with Gasteiger partial charge in [-0.15, -0.1) is 13.2 Å². The van der Waals surface area contributed by atoms with Crippen LogP contribution in [0.25, 0.3) is 0 Å². The minimum atomic E-state index is 0.986. The van der Waals surface area contributed by atoms with Crippen LogP contribution in [0.4, 0.5) is 0 Å². The molecule has 0 rings (SSSR count). The van der Waals surface area contributed by atoms with Gasteiger partial charge >= 0.3 is 0 Å². The number of rotatable bonds is 7. The summed E-state index contributed by atoms with van der Waals surface area (Å²) in [5.74, 6) is 0. The van der Waals surface area contributed by atoms with Gasteiger partial charge in [0.2, 0.25) is 0 Å². The molecule has 12 heavy (non-hydrogen) atoms. The predicted octanol–water partition coefficient (Wildman–Crippen LogP) is 4.03. The van der Waals surface area contributed by atoms with Gasteiger partial charge in [0, 0.05) is 0 Å². The maximum absolute atomic E-state index is 3.96. The summed E-state index contributed by atoms with van der Waals surface area (Å²) in [5, 5.41) is 0. The normalized spacial score (nSPS) is 9.00. The minimum Gasteiger partial charge on any atom is -0.103 e. The van der Waals surface area contributed by atoms with Crippen LogP contribution in [0.15, 0.2) is 49.6 Å². The molecule has 0 nitrogen and oxygen atoms in total. The third kappa shape index (κ3) is 4.73. The lowest BCUT2D eigenvalue weighted by atomic mass is 10.0. The van der Waals surface area contributed by atoms with Gasteiger partial charge in [0.25, 0.3) is 0 Å². The highest BCUT2D eigenvalue weighted by atomic mass is 14.0. The van der Waals surface area contributed by atoms with Crippen molar-refractivity contribution in [3.63, 3.8) is 0 Å². The van der Waals surface area contributed by atoms with Crippen molar-refractivity contribution in [2.45, 2.75) is 25.7 Å². The van der Waals surface area contributed by atoms with E-state index in [2.05, 4.69) is 26.3 Å². The van der Waals surface area contributed by atoms with Gasteiger partial charge in [0.05, 0.1) is 0 Å². The molecule has 0 aliphatic heterocycles. The molecule has 0 aromatic carbocycles. The number of hydrogen-bond donors (Lipinski definition) is 0. The van der Waals surface area contributed by atoms with E-state index in [4.69, 9.17) is 0 Å². The average Bonchev–Trinajstić information content (AvgIpc) is 2.10. The first kappa shape index (κ1) is 11.0. The maximum atomic E-state index is 3.96. The van der Waals surface area contributed by atoms with Crippen molar-refractivity contribution in [1.82, 2.24) is 0 Å². The molecule has 0 atom stereocenters. The Kier molecular flexibility index (Phi) is 6.08. The summed E-state index contributed by atoms with van der Waals surface area (Å²) in [7, 11) is 0. The summed E-state index contributed by atoms with van der Waals surface area (Å²) in [6.45, 7) is 15.3. The quantitative estimate of drug-likeness (QED) is 0.391. The fraction of sp³-hybridized carbons (Fsp3) is 0.333. The van der Waals surface area contributed by atoms with Crippen LogP contribution in [0.5, 0.6) is 0 Å². The van der Waals surface area contributed by atoms with E-state index in [1.165, 1.54) is 0 Å². The van der Waals surface area contributed by atoms with Crippen LogP contribution in [0.3, 0.4) is 0 Å². The zero-order valence-corrected chi connectivity index (χ0v) is 7.81. The highest BCUT2D eigenvalue weighted by Gasteiger charge is 1.97. The summed E-state index contributed by atoms with van der Waals surface area (Å²) >= 11 is 0. The smallest absolute Gasteiger partial charge is 0.0248 e. The lowest BCUT2D eigenvalue weighted by Gasteiger charge is -2.05. The second-order valence-corrected chi connectivity index (χ2v) is 2.86. The molecule has 0 aromatic heterocycles. The van der Waals surface area contributed by atoms with Gasteiger partial charge in [-0.1, -0.05) is 36.5 Å². The lowest BCUT2D eigenvalue weighted by Crippen LogP contribution is -1.86.